The summed E-state index contributed by atoms with van der Waals surface area (Å²) in [6, 6.07) is 10.8. The molecule has 3 rings (SSSR count). The molecule has 1 aromatic heterocycles. The second-order valence-electron chi connectivity index (χ2n) is 5.33. The van der Waals surface area contributed by atoms with Gasteiger partial charge in [0.15, 0.2) is 0 Å². The lowest BCUT2D eigenvalue weighted by atomic mass is 10.0. The maximum Gasteiger partial charge on any atom is 0.133 e. The molecule has 0 bridgehead atoms. The van der Waals surface area contributed by atoms with Gasteiger partial charge in [0.1, 0.15) is 11.5 Å². The fourth-order valence-electron chi connectivity index (χ4n) is 2.94. The van der Waals surface area contributed by atoms with E-state index in [2.05, 4.69) is 28.3 Å². The second-order valence-corrected chi connectivity index (χ2v) is 5.33. The largest absolute Gasteiger partial charge is 0.497 e. The molecule has 0 aliphatic carbocycles. The molecule has 1 aliphatic rings. The van der Waals surface area contributed by atoms with E-state index < -0.39 is 0 Å². The molecule has 2 aromatic rings. The van der Waals surface area contributed by atoms with Crippen molar-refractivity contribution in [2.24, 2.45) is 0 Å². The van der Waals surface area contributed by atoms with Crippen LogP contribution in [0.3, 0.4) is 0 Å². The fourth-order valence-corrected chi connectivity index (χ4v) is 2.94. The first kappa shape index (κ1) is 13.2. The van der Waals surface area contributed by atoms with Crippen LogP contribution in [-0.2, 0) is 6.54 Å². The van der Waals surface area contributed by atoms with E-state index in [0.29, 0.717) is 6.04 Å². The predicted molar refractivity (Wildman–Crippen MR) is 76.6 cm³/mol. The van der Waals surface area contributed by atoms with Crippen LogP contribution < -0.4 is 4.74 Å². The fraction of sp³-hybridized carbons (Fsp3) is 0.438. The van der Waals surface area contributed by atoms with Crippen molar-refractivity contribution in [3.63, 3.8) is 0 Å². The van der Waals surface area contributed by atoms with Crippen LogP contribution in [0, 0.1) is 6.92 Å². The van der Waals surface area contributed by atoms with Gasteiger partial charge in [0.25, 0.3) is 0 Å². The summed E-state index contributed by atoms with van der Waals surface area (Å²) in [7, 11) is 1.71. The van der Waals surface area contributed by atoms with Crippen LogP contribution in [0.1, 0.15) is 35.9 Å². The number of hydrogen-bond donors (Lipinski definition) is 0. The van der Waals surface area contributed by atoms with Crippen LogP contribution in [0.4, 0.5) is 0 Å². The number of methoxy groups -OCH3 is 1. The van der Waals surface area contributed by atoms with E-state index in [4.69, 9.17) is 9.26 Å². The number of nitrogens with zero attached hydrogens (tertiary/aromatic N) is 2. The zero-order valence-corrected chi connectivity index (χ0v) is 12.0. The van der Waals surface area contributed by atoms with E-state index in [9.17, 15) is 0 Å². The minimum absolute atomic E-state index is 0.446. The summed E-state index contributed by atoms with van der Waals surface area (Å²) < 4.78 is 10.5. The van der Waals surface area contributed by atoms with Crippen molar-refractivity contribution >= 4 is 0 Å². The predicted octanol–water partition coefficient (Wildman–Crippen LogP) is 3.33. The van der Waals surface area contributed by atoms with Crippen molar-refractivity contribution in [3.05, 3.63) is 47.3 Å². The first-order valence-electron chi connectivity index (χ1n) is 7.06. The topological polar surface area (TPSA) is 38.5 Å². The van der Waals surface area contributed by atoms with Crippen LogP contribution in [0.2, 0.25) is 0 Å². The Hall–Kier alpha value is -1.81. The highest BCUT2D eigenvalue weighted by Crippen LogP contribution is 2.34. The molecular weight excluding hydrogens is 252 g/mol. The maximum atomic E-state index is 5.33. The molecule has 1 atom stereocenters. The lowest BCUT2D eigenvalue weighted by Crippen LogP contribution is -2.22. The number of rotatable bonds is 4. The van der Waals surface area contributed by atoms with Crippen molar-refractivity contribution in [2.45, 2.75) is 32.4 Å². The average molecular weight is 272 g/mol. The van der Waals surface area contributed by atoms with Gasteiger partial charge >= 0.3 is 0 Å². The molecule has 0 radical (unpaired) electrons. The summed E-state index contributed by atoms with van der Waals surface area (Å²) >= 11 is 0. The summed E-state index contributed by atoms with van der Waals surface area (Å²) in [5, 5.41) is 4.10. The molecule has 1 aliphatic heterocycles. The standard InChI is InChI=1S/C16H20N2O2/c1-12-9-14(17-20-12)11-18-8-4-7-16(18)13-5-3-6-15(10-13)19-2/h3,5-6,9-10,16H,4,7-8,11H2,1-2H3. The van der Waals surface area contributed by atoms with E-state index in [1.807, 2.05) is 19.1 Å². The Bertz CT molecular complexity index is 579. The molecule has 0 N–H and O–H groups in total. The first-order valence-corrected chi connectivity index (χ1v) is 7.06. The van der Waals surface area contributed by atoms with Crippen molar-refractivity contribution in [3.8, 4) is 5.75 Å². The Morgan fingerprint density at radius 2 is 2.30 bits per heavy atom. The third-order valence-electron chi connectivity index (χ3n) is 3.88. The minimum Gasteiger partial charge on any atom is -0.497 e. The average Bonchev–Trinajstić information content (AvgIpc) is 3.08. The van der Waals surface area contributed by atoms with Crippen LogP contribution in [0.15, 0.2) is 34.9 Å². The zero-order chi connectivity index (χ0) is 13.9. The molecule has 0 spiro atoms. The second kappa shape index (κ2) is 5.67. The van der Waals surface area contributed by atoms with Gasteiger partial charge < -0.3 is 9.26 Å². The SMILES string of the molecule is COc1cccc(C2CCCN2Cc2cc(C)on2)c1. The molecular formula is C16H20N2O2. The molecule has 1 fully saturated rings. The first-order chi connectivity index (χ1) is 9.76. The lowest BCUT2D eigenvalue weighted by Gasteiger charge is -2.24. The monoisotopic (exact) mass is 272 g/mol. The number of aryl methyl sites for hydroxylation is 1. The minimum atomic E-state index is 0.446. The Morgan fingerprint density at radius 1 is 1.40 bits per heavy atom. The van der Waals surface area contributed by atoms with Crippen LogP contribution >= 0.6 is 0 Å². The number of likely N-dealkylation sites (tertiary alicyclic amines) is 1. The van der Waals surface area contributed by atoms with Crippen LogP contribution in [0.5, 0.6) is 5.75 Å². The highest BCUT2D eigenvalue weighted by atomic mass is 16.5. The molecule has 20 heavy (non-hydrogen) atoms. The summed E-state index contributed by atoms with van der Waals surface area (Å²) in [5.74, 6) is 1.80. The molecule has 1 saturated heterocycles. The van der Waals surface area contributed by atoms with E-state index in [1.165, 1.54) is 18.4 Å². The van der Waals surface area contributed by atoms with Crippen LogP contribution in [-0.4, -0.2) is 23.7 Å². The van der Waals surface area contributed by atoms with Crippen LogP contribution in [0.25, 0.3) is 0 Å². The van der Waals surface area contributed by atoms with E-state index in [0.717, 1.165) is 30.3 Å². The Kier molecular flexibility index (Phi) is 3.74. The number of benzene rings is 1. The number of ether oxygens (including phenoxy) is 1. The maximum absolute atomic E-state index is 5.33. The van der Waals surface area contributed by atoms with Gasteiger partial charge in [-0.05, 0) is 44.0 Å². The van der Waals surface area contributed by atoms with E-state index in [-0.39, 0.29) is 0 Å². The van der Waals surface area contributed by atoms with Gasteiger partial charge in [-0.15, -0.1) is 0 Å². The smallest absolute Gasteiger partial charge is 0.133 e. The highest BCUT2D eigenvalue weighted by molar-refractivity contribution is 5.31. The molecule has 4 nitrogen and oxygen atoms in total. The van der Waals surface area contributed by atoms with Gasteiger partial charge in [0, 0.05) is 18.7 Å². The number of hydrogen-bond acceptors (Lipinski definition) is 4. The quantitative estimate of drug-likeness (QED) is 0.855. The Labute approximate surface area is 119 Å². The molecule has 1 unspecified atom stereocenters. The Balaban J connectivity index is 1.77. The zero-order valence-electron chi connectivity index (χ0n) is 12.0. The van der Waals surface area contributed by atoms with Crippen molar-refractivity contribution in [1.29, 1.82) is 0 Å². The van der Waals surface area contributed by atoms with Crippen molar-refractivity contribution in [2.75, 3.05) is 13.7 Å². The summed E-state index contributed by atoms with van der Waals surface area (Å²) in [4.78, 5) is 2.46. The van der Waals surface area contributed by atoms with Gasteiger partial charge in [0.05, 0.1) is 12.8 Å². The highest BCUT2D eigenvalue weighted by Gasteiger charge is 2.26. The van der Waals surface area contributed by atoms with Gasteiger partial charge in [-0.2, -0.15) is 0 Å². The lowest BCUT2D eigenvalue weighted by molar-refractivity contribution is 0.239. The molecule has 0 amide bonds. The van der Waals surface area contributed by atoms with E-state index >= 15 is 0 Å². The van der Waals surface area contributed by atoms with Gasteiger partial charge in [-0.25, -0.2) is 0 Å². The van der Waals surface area contributed by atoms with Gasteiger partial charge in [-0.1, -0.05) is 17.3 Å². The van der Waals surface area contributed by atoms with Crippen molar-refractivity contribution in [1.82, 2.24) is 10.1 Å². The summed E-state index contributed by atoms with van der Waals surface area (Å²) in [6.45, 7) is 3.88. The third-order valence-corrected chi connectivity index (χ3v) is 3.88. The molecule has 1 aromatic carbocycles. The molecule has 0 saturated carbocycles. The summed E-state index contributed by atoms with van der Waals surface area (Å²) in [6.07, 6.45) is 2.41. The van der Waals surface area contributed by atoms with Gasteiger partial charge in [-0.3, -0.25) is 4.90 Å². The third kappa shape index (κ3) is 2.70. The number of aromatic nitrogens is 1. The summed E-state index contributed by atoms with van der Waals surface area (Å²) in [5.41, 5.74) is 2.33. The normalized spacial score (nSPS) is 19.4. The Morgan fingerprint density at radius 3 is 3.05 bits per heavy atom. The molecule has 106 valence electrons. The van der Waals surface area contributed by atoms with Gasteiger partial charge in [0.2, 0.25) is 0 Å². The van der Waals surface area contributed by atoms with E-state index in [1.54, 1.807) is 7.11 Å². The molecule has 4 heteroatoms. The molecule has 2 heterocycles. The van der Waals surface area contributed by atoms with Crippen molar-refractivity contribution < 1.29 is 9.26 Å².